The van der Waals surface area contributed by atoms with Crippen LogP contribution in [-0.4, -0.2) is 11.7 Å². The molecule has 0 aromatic rings. The van der Waals surface area contributed by atoms with Gasteiger partial charge in [-0.3, -0.25) is 0 Å². The van der Waals surface area contributed by atoms with Crippen molar-refractivity contribution in [3.8, 4) is 6.07 Å². The minimum atomic E-state index is -0.0125. The maximum atomic E-state index is 8.91. The van der Waals surface area contributed by atoms with E-state index in [0.717, 1.165) is 25.7 Å². The van der Waals surface area contributed by atoms with Gasteiger partial charge in [0.25, 0.3) is 0 Å². The lowest BCUT2D eigenvalue weighted by Crippen LogP contribution is -2.07. The van der Waals surface area contributed by atoms with Crippen LogP contribution < -0.4 is 0 Å². The molecule has 2 nitrogen and oxygen atoms in total. The van der Waals surface area contributed by atoms with Crippen LogP contribution in [0.4, 0.5) is 0 Å². The summed E-state index contributed by atoms with van der Waals surface area (Å²) in [6, 6.07) is 1.99. The third-order valence-corrected chi connectivity index (χ3v) is 2.01. The van der Waals surface area contributed by atoms with Gasteiger partial charge >= 0.3 is 0 Å². The fourth-order valence-electron chi connectivity index (χ4n) is 1.11. The molecule has 12 heavy (non-hydrogen) atoms. The molecule has 0 bridgehead atoms. The van der Waals surface area contributed by atoms with E-state index in [1.807, 2.05) is 6.07 Å². The Balaban J connectivity index is 3.69. The Morgan fingerprint density at radius 1 is 1.58 bits per heavy atom. The fraction of sp³-hybridized carbons (Fsp3) is 0.700. The summed E-state index contributed by atoms with van der Waals surface area (Å²) in [4.78, 5) is 0. The second kappa shape index (κ2) is 6.87. The molecule has 0 saturated heterocycles. The van der Waals surface area contributed by atoms with Gasteiger partial charge in [-0.1, -0.05) is 32.8 Å². The van der Waals surface area contributed by atoms with Crippen molar-refractivity contribution in [1.82, 2.24) is 0 Å². The molecule has 0 aromatic carbocycles. The van der Waals surface area contributed by atoms with E-state index in [2.05, 4.69) is 13.5 Å². The van der Waals surface area contributed by atoms with Crippen molar-refractivity contribution >= 4 is 0 Å². The average Bonchev–Trinajstić information content (AvgIpc) is 2.11. The van der Waals surface area contributed by atoms with Crippen LogP contribution in [0.15, 0.2) is 12.2 Å². The van der Waals surface area contributed by atoms with Crippen molar-refractivity contribution in [3.63, 3.8) is 0 Å². The first-order chi connectivity index (χ1) is 5.76. The Bertz CT molecular complexity index is 169. The average molecular weight is 167 g/mol. The van der Waals surface area contributed by atoms with Crippen LogP contribution in [0.1, 0.15) is 32.6 Å². The summed E-state index contributed by atoms with van der Waals surface area (Å²) in [6.45, 7) is 5.79. The molecule has 0 saturated carbocycles. The third kappa shape index (κ3) is 4.15. The van der Waals surface area contributed by atoms with Crippen LogP contribution in [0.5, 0.6) is 0 Å². The summed E-state index contributed by atoms with van der Waals surface area (Å²) in [6.07, 6.45) is 4.28. The molecule has 0 heterocycles. The monoisotopic (exact) mass is 167 g/mol. The summed E-state index contributed by atoms with van der Waals surface area (Å²) in [5.74, 6) is -0.0125. The second-order valence-electron chi connectivity index (χ2n) is 3.01. The van der Waals surface area contributed by atoms with E-state index in [4.69, 9.17) is 10.4 Å². The van der Waals surface area contributed by atoms with Crippen molar-refractivity contribution in [2.45, 2.75) is 32.6 Å². The molecule has 1 N–H and O–H groups in total. The predicted octanol–water partition coefficient (Wildman–Crippen LogP) is 2.25. The van der Waals surface area contributed by atoms with Crippen LogP contribution in [0, 0.1) is 17.2 Å². The van der Waals surface area contributed by atoms with Gasteiger partial charge in [-0.2, -0.15) is 5.26 Å². The Morgan fingerprint density at radius 2 is 2.25 bits per heavy atom. The number of nitrogens with zero attached hydrogens (tertiary/aromatic N) is 1. The molecule has 1 atom stereocenters. The quantitative estimate of drug-likeness (QED) is 0.487. The molecule has 0 aromatic heterocycles. The molecule has 1 unspecified atom stereocenters. The zero-order valence-electron chi connectivity index (χ0n) is 7.71. The van der Waals surface area contributed by atoms with Crippen LogP contribution in [0.2, 0.25) is 0 Å². The molecule has 0 spiro atoms. The highest BCUT2D eigenvalue weighted by molar-refractivity contribution is 5.19. The summed E-state index contributed by atoms with van der Waals surface area (Å²) in [5, 5.41) is 17.4. The molecule has 0 aliphatic carbocycles. The van der Waals surface area contributed by atoms with E-state index in [9.17, 15) is 0 Å². The number of aliphatic hydroxyl groups is 1. The summed E-state index contributed by atoms with van der Waals surface area (Å²) >= 11 is 0. The van der Waals surface area contributed by atoms with Gasteiger partial charge in [0.2, 0.25) is 0 Å². The zero-order chi connectivity index (χ0) is 9.40. The first kappa shape index (κ1) is 11.2. The van der Waals surface area contributed by atoms with E-state index in [1.54, 1.807) is 0 Å². The van der Waals surface area contributed by atoms with Gasteiger partial charge in [0, 0.05) is 11.5 Å². The largest absolute Gasteiger partial charge is 0.396 e. The van der Waals surface area contributed by atoms with E-state index in [1.165, 1.54) is 0 Å². The van der Waals surface area contributed by atoms with Crippen LogP contribution in [-0.2, 0) is 0 Å². The molecule has 0 rings (SSSR count). The maximum Gasteiger partial charge on any atom is 0.0944 e. The number of unbranched alkanes of at least 4 members (excludes halogenated alkanes) is 2. The topological polar surface area (TPSA) is 44.0 Å². The minimum Gasteiger partial charge on any atom is -0.396 e. The summed E-state index contributed by atoms with van der Waals surface area (Å²) in [7, 11) is 0. The highest BCUT2D eigenvalue weighted by Crippen LogP contribution is 2.15. The fourth-order valence-corrected chi connectivity index (χ4v) is 1.11. The molecule has 0 aliphatic rings. The van der Waals surface area contributed by atoms with Gasteiger partial charge in [0.05, 0.1) is 12.7 Å². The van der Waals surface area contributed by atoms with Crippen molar-refractivity contribution in [2.24, 2.45) is 5.92 Å². The number of hydrogen-bond donors (Lipinski definition) is 1. The van der Waals surface area contributed by atoms with E-state index in [-0.39, 0.29) is 12.5 Å². The lowest BCUT2D eigenvalue weighted by atomic mass is 9.96. The number of hydrogen-bond acceptors (Lipinski definition) is 2. The standard InChI is InChI=1S/C10H17NO/c1-3-4-5-6-10(8-12)9(2)7-11/h10,12H,2-6,8H2,1H3. The van der Waals surface area contributed by atoms with Gasteiger partial charge in [-0.15, -0.1) is 0 Å². The number of aliphatic hydroxyl groups excluding tert-OH is 1. The van der Waals surface area contributed by atoms with Gasteiger partial charge in [0.15, 0.2) is 0 Å². The van der Waals surface area contributed by atoms with Crippen LogP contribution in [0.3, 0.4) is 0 Å². The Labute approximate surface area is 74.5 Å². The molecular formula is C10H17NO. The second-order valence-corrected chi connectivity index (χ2v) is 3.01. The van der Waals surface area contributed by atoms with Gasteiger partial charge < -0.3 is 5.11 Å². The molecule has 0 fully saturated rings. The van der Waals surface area contributed by atoms with Gasteiger partial charge in [-0.05, 0) is 6.42 Å². The maximum absolute atomic E-state index is 8.91. The molecule has 0 amide bonds. The highest BCUT2D eigenvalue weighted by atomic mass is 16.3. The van der Waals surface area contributed by atoms with Crippen molar-refractivity contribution in [3.05, 3.63) is 12.2 Å². The smallest absolute Gasteiger partial charge is 0.0944 e. The van der Waals surface area contributed by atoms with Gasteiger partial charge in [0.1, 0.15) is 0 Å². The predicted molar refractivity (Wildman–Crippen MR) is 49.5 cm³/mol. The Hall–Kier alpha value is -0.810. The Morgan fingerprint density at radius 3 is 2.67 bits per heavy atom. The lowest BCUT2D eigenvalue weighted by Gasteiger charge is -2.10. The summed E-state index contributed by atoms with van der Waals surface area (Å²) < 4.78 is 0. The van der Waals surface area contributed by atoms with Gasteiger partial charge in [-0.25, -0.2) is 0 Å². The lowest BCUT2D eigenvalue weighted by molar-refractivity contribution is 0.239. The molecule has 0 aliphatic heterocycles. The highest BCUT2D eigenvalue weighted by Gasteiger charge is 2.09. The third-order valence-electron chi connectivity index (χ3n) is 2.01. The molecule has 2 heteroatoms. The van der Waals surface area contributed by atoms with Crippen molar-refractivity contribution in [2.75, 3.05) is 6.61 Å². The number of rotatable bonds is 6. The summed E-state index contributed by atoms with van der Waals surface area (Å²) in [5.41, 5.74) is 0.508. The molecule has 68 valence electrons. The Kier molecular flexibility index (Phi) is 6.41. The van der Waals surface area contributed by atoms with E-state index in [0.29, 0.717) is 5.57 Å². The van der Waals surface area contributed by atoms with Crippen LogP contribution in [0.25, 0.3) is 0 Å². The van der Waals surface area contributed by atoms with E-state index >= 15 is 0 Å². The normalized spacial score (nSPS) is 12.1. The van der Waals surface area contributed by atoms with Crippen molar-refractivity contribution < 1.29 is 5.11 Å². The molecule has 0 radical (unpaired) electrons. The molecular weight excluding hydrogens is 150 g/mol. The first-order valence-electron chi connectivity index (χ1n) is 4.46. The zero-order valence-corrected chi connectivity index (χ0v) is 7.71. The number of nitriles is 1. The SMILES string of the molecule is C=C(C#N)C(CO)CCCCC. The van der Waals surface area contributed by atoms with Crippen molar-refractivity contribution in [1.29, 1.82) is 5.26 Å². The first-order valence-corrected chi connectivity index (χ1v) is 4.46. The van der Waals surface area contributed by atoms with Crippen LogP contribution >= 0.6 is 0 Å². The minimum absolute atomic E-state index is 0.0125. The van der Waals surface area contributed by atoms with E-state index < -0.39 is 0 Å².